The molecule has 0 unspecified atom stereocenters. The molecule has 1 aromatic carbocycles. The van der Waals surface area contributed by atoms with E-state index < -0.39 is 6.43 Å². The molecule has 0 radical (unpaired) electrons. The predicted molar refractivity (Wildman–Crippen MR) is 123 cm³/mol. The zero-order chi connectivity index (χ0) is 23.8. The van der Waals surface area contributed by atoms with Gasteiger partial charge in [0.15, 0.2) is 0 Å². The molecule has 2 fully saturated rings. The number of rotatable bonds is 7. The molecule has 3 N–H and O–H groups in total. The van der Waals surface area contributed by atoms with E-state index in [1.165, 1.54) is 18.5 Å². The van der Waals surface area contributed by atoms with Gasteiger partial charge in [0.05, 0.1) is 23.8 Å². The number of nitrogens with one attached hydrogen (secondary N) is 2. The molecule has 3 aromatic rings. The summed E-state index contributed by atoms with van der Waals surface area (Å²) in [7, 11) is 0. The number of alkyl halides is 2. The molecule has 0 saturated heterocycles. The monoisotopic (exact) mass is 470 g/mol. The first-order chi connectivity index (χ1) is 16.4. The summed E-state index contributed by atoms with van der Waals surface area (Å²) in [5, 5.41) is 12.8. The van der Waals surface area contributed by atoms with E-state index in [0.29, 0.717) is 64.7 Å². The SMILES string of the molecule is Cc1[nH]c2c(-c3cc(C(F)F)ccc3OCC3CC3)ncnc2c1C(=O)N[C@H]1CC[C@H](O)CC1. The van der Waals surface area contributed by atoms with Crippen molar-refractivity contribution in [1.29, 1.82) is 0 Å². The fourth-order valence-electron chi connectivity index (χ4n) is 4.57. The van der Waals surface area contributed by atoms with Crippen LogP contribution in [0.15, 0.2) is 24.5 Å². The molecule has 0 spiro atoms. The molecule has 34 heavy (non-hydrogen) atoms. The molecular weight excluding hydrogens is 442 g/mol. The van der Waals surface area contributed by atoms with E-state index >= 15 is 0 Å². The van der Waals surface area contributed by atoms with E-state index in [1.54, 1.807) is 13.0 Å². The van der Waals surface area contributed by atoms with Gasteiger partial charge in [-0.1, -0.05) is 0 Å². The standard InChI is InChI=1S/C25H28F2N4O3/c1-13-20(25(33)31-16-5-7-17(32)8-6-16)22-23(30-13)21(28-12-29-22)18-10-15(24(26)27)4-9-19(18)34-11-14-2-3-14/h4,9-10,12,14,16-17,24,30,32H,2-3,5-8,11H2,1H3,(H,31,33)/t16-,17-. The summed E-state index contributed by atoms with van der Waals surface area (Å²) < 4.78 is 33.0. The first kappa shape index (κ1) is 22.7. The number of aryl methyl sites for hydroxylation is 1. The highest BCUT2D eigenvalue weighted by atomic mass is 19.3. The number of aromatic amines is 1. The smallest absolute Gasteiger partial charge is 0.263 e. The number of H-pyrrole nitrogens is 1. The number of aliphatic hydroxyl groups is 1. The minimum atomic E-state index is -2.63. The van der Waals surface area contributed by atoms with Crippen molar-refractivity contribution in [3.63, 3.8) is 0 Å². The summed E-state index contributed by atoms with van der Waals surface area (Å²) in [6, 6.07) is 4.33. The van der Waals surface area contributed by atoms with Gasteiger partial charge >= 0.3 is 0 Å². The van der Waals surface area contributed by atoms with Crippen LogP contribution in [0.2, 0.25) is 0 Å². The normalized spacial score (nSPS) is 20.6. The van der Waals surface area contributed by atoms with Crippen LogP contribution in [-0.4, -0.2) is 44.7 Å². The Morgan fingerprint density at radius 1 is 1.21 bits per heavy atom. The largest absolute Gasteiger partial charge is 0.493 e. The lowest BCUT2D eigenvalue weighted by Crippen LogP contribution is -2.38. The first-order valence-corrected chi connectivity index (χ1v) is 11.8. The summed E-state index contributed by atoms with van der Waals surface area (Å²) >= 11 is 0. The second-order valence-electron chi connectivity index (χ2n) is 9.36. The van der Waals surface area contributed by atoms with E-state index in [9.17, 15) is 18.7 Å². The molecule has 2 heterocycles. The molecule has 9 heteroatoms. The number of benzene rings is 1. The first-order valence-electron chi connectivity index (χ1n) is 11.8. The molecular formula is C25H28F2N4O3. The van der Waals surface area contributed by atoms with Crippen LogP contribution in [0.25, 0.3) is 22.3 Å². The fourth-order valence-corrected chi connectivity index (χ4v) is 4.57. The van der Waals surface area contributed by atoms with E-state index in [2.05, 4.69) is 20.3 Å². The molecule has 0 bridgehead atoms. The van der Waals surface area contributed by atoms with Gasteiger partial charge in [0.1, 0.15) is 23.3 Å². The molecule has 180 valence electrons. The lowest BCUT2D eigenvalue weighted by Gasteiger charge is -2.26. The van der Waals surface area contributed by atoms with Gasteiger partial charge in [0.2, 0.25) is 0 Å². The van der Waals surface area contributed by atoms with Crippen molar-refractivity contribution in [2.75, 3.05) is 6.61 Å². The Balaban J connectivity index is 1.51. The number of halogens is 2. The van der Waals surface area contributed by atoms with Gasteiger partial charge in [-0.15, -0.1) is 0 Å². The van der Waals surface area contributed by atoms with Crippen LogP contribution in [0.1, 0.15) is 66.6 Å². The Morgan fingerprint density at radius 2 is 1.97 bits per heavy atom. The summed E-state index contributed by atoms with van der Waals surface area (Å²) in [6.07, 6.45) is 3.38. The van der Waals surface area contributed by atoms with E-state index in [0.717, 1.165) is 25.7 Å². The molecule has 2 aliphatic carbocycles. The van der Waals surface area contributed by atoms with Crippen molar-refractivity contribution >= 4 is 16.9 Å². The van der Waals surface area contributed by atoms with Crippen LogP contribution >= 0.6 is 0 Å². The van der Waals surface area contributed by atoms with Crippen LogP contribution in [0.5, 0.6) is 5.75 Å². The van der Waals surface area contributed by atoms with Gasteiger partial charge in [-0.3, -0.25) is 4.79 Å². The minimum Gasteiger partial charge on any atom is -0.493 e. The maximum absolute atomic E-state index is 13.5. The number of carbonyl (C=O) groups excluding carboxylic acids is 1. The second kappa shape index (κ2) is 9.29. The average Bonchev–Trinajstić information content (AvgIpc) is 3.58. The Bertz CT molecular complexity index is 1200. The van der Waals surface area contributed by atoms with Gasteiger partial charge < -0.3 is 20.1 Å². The highest BCUT2D eigenvalue weighted by molar-refractivity contribution is 6.09. The van der Waals surface area contributed by atoms with Crippen molar-refractivity contribution in [2.24, 2.45) is 5.92 Å². The number of nitrogens with zero attached hydrogens (tertiary/aromatic N) is 2. The molecule has 0 aliphatic heterocycles. The number of ether oxygens (including phenoxy) is 1. The number of aromatic nitrogens is 3. The van der Waals surface area contributed by atoms with Crippen LogP contribution in [0.3, 0.4) is 0 Å². The highest BCUT2D eigenvalue weighted by Crippen LogP contribution is 2.38. The van der Waals surface area contributed by atoms with Crippen LogP contribution in [0.4, 0.5) is 8.78 Å². The Morgan fingerprint density at radius 3 is 2.68 bits per heavy atom. The molecule has 7 nitrogen and oxygen atoms in total. The van der Waals surface area contributed by atoms with Crippen molar-refractivity contribution in [3.8, 4) is 17.0 Å². The topological polar surface area (TPSA) is 100 Å². The van der Waals surface area contributed by atoms with E-state index in [4.69, 9.17) is 4.74 Å². The van der Waals surface area contributed by atoms with Crippen molar-refractivity contribution in [1.82, 2.24) is 20.3 Å². The quantitative estimate of drug-likeness (QED) is 0.465. The molecule has 2 aliphatic rings. The summed E-state index contributed by atoms with van der Waals surface area (Å²) in [5.74, 6) is 0.730. The predicted octanol–water partition coefficient (Wildman–Crippen LogP) is 4.69. The number of fused-ring (bicyclic) bond motifs is 1. The van der Waals surface area contributed by atoms with Crippen molar-refractivity contribution in [2.45, 2.75) is 64.0 Å². The zero-order valence-electron chi connectivity index (χ0n) is 19.0. The molecule has 5 rings (SSSR count). The summed E-state index contributed by atoms with van der Waals surface area (Å²) in [5.41, 5.74) is 2.71. The Labute approximate surface area is 196 Å². The maximum atomic E-state index is 13.5. The third kappa shape index (κ3) is 4.61. The summed E-state index contributed by atoms with van der Waals surface area (Å²) in [6.45, 7) is 2.31. The van der Waals surface area contributed by atoms with Gasteiger partial charge in [-0.25, -0.2) is 18.7 Å². The van der Waals surface area contributed by atoms with Gasteiger partial charge in [0, 0.05) is 22.9 Å². The molecule has 2 aromatic heterocycles. The third-order valence-corrected chi connectivity index (χ3v) is 6.71. The minimum absolute atomic E-state index is 0.00768. The molecule has 2 saturated carbocycles. The van der Waals surface area contributed by atoms with Crippen molar-refractivity contribution in [3.05, 3.63) is 41.3 Å². The number of carbonyl (C=O) groups is 1. The third-order valence-electron chi connectivity index (χ3n) is 6.71. The number of aliphatic hydroxyl groups excluding tert-OH is 1. The van der Waals surface area contributed by atoms with Crippen LogP contribution in [-0.2, 0) is 0 Å². The average molecular weight is 471 g/mol. The summed E-state index contributed by atoms with van der Waals surface area (Å²) in [4.78, 5) is 25.1. The molecule has 1 amide bonds. The van der Waals surface area contributed by atoms with Gasteiger partial charge in [-0.2, -0.15) is 0 Å². The van der Waals surface area contributed by atoms with E-state index in [-0.39, 0.29) is 23.6 Å². The van der Waals surface area contributed by atoms with Gasteiger partial charge in [0.25, 0.3) is 12.3 Å². The molecule has 0 atom stereocenters. The zero-order valence-corrected chi connectivity index (χ0v) is 19.0. The number of amides is 1. The number of hydrogen-bond donors (Lipinski definition) is 3. The number of hydrogen-bond acceptors (Lipinski definition) is 5. The van der Waals surface area contributed by atoms with Crippen molar-refractivity contribution < 1.29 is 23.4 Å². The van der Waals surface area contributed by atoms with E-state index in [1.807, 2.05) is 0 Å². The Kier molecular flexibility index (Phi) is 6.20. The van der Waals surface area contributed by atoms with Gasteiger partial charge in [-0.05, 0) is 69.6 Å². The second-order valence-corrected chi connectivity index (χ2v) is 9.36. The highest BCUT2D eigenvalue weighted by Gasteiger charge is 2.27. The Hall–Kier alpha value is -3.07. The maximum Gasteiger partial charge on any atom is 0.263 e. The lowest BCUT2D eigenvalue weighted by atomic mass is 9.93. The fraction of sp³-hybridized carbons (Fsp3) is 0.480. The lowest BCUT2D eigenvalue weighted by molar-refractivity contribution is 0.0868. The van der Waals surface area contributed by atoms with Crippen LogP contribution < -0.4 is 10.1 Å². The van der Waals surface area contributed by atoms with Crippen LogP contribution in [0, 0.1) is 12.8 Å².